The zero-order valence-electron chi connectivity index (χ0n) is 18.7. The van der Waals surface area contributed by atoms with E-state index in [1.54, 1.807) is 54.6 Å². The van der Waals surface area contributed by atoms with Gasteiger partial charge in [0.1, 0.15) is 5.75 Å². The molecular formula is C25H22N4O5. The number of amides is 2. The average molecular weight is 458 g/mol. The van der Waals surface area contributed by atoms with Crippen LogP contribution in [0.5, 0.6) is 5.75 Å². The molecule has 1 aliphatic heterocycles. The summed E-state index contributed by atoms with van der Waals surface area (Å²) < 4.78 is 5.53. The molecule has 9 heteroatoms. The van der Waals surface area contributed by atoms with Gasteiger partial charge >= 0.3 is 6.09 Å². The molecule has 1 atom stereocenters. The van der Waals surface area contributed by atoms with Crippen LogP contribution in [0.25, 0.3) is 11.0 Å². The Morgan fingerprint density at radius 2 is 1.91 bits per heavy atom. The van der Waals surface area contributed by atoms with Gasteiger partial charge < -0.3 is 19.9 Å². The molecular weight excluding hydrogens is 436 g/mol. The number of carboxylic acid groups (broad SMARTS) is 1. The normalized spacial score (nSPS) is 17.2. The lowest BCUT2D eigenvalue weighted by Gasteiger charge is -2.35. The van der Waals surface area contributed by atoms with E-state index < -0.39 is 11.8 Å². The molecule has 9 nitrogen and oxygen atoms in total. The SMILES string of the molecule is COc1ccc(C)cc1N1C(=O)c2ccccc2C1(O)c1ccc2[nH]c(N(C)C(=O)O)nc2c1. The largest absolute Gasteiger partial charge is 0.495 e. The topological polar surface area (TPSA) is 119 Å². The molecule has 0 saturated heterocycles. The molecule has 172 valence electrons. The maximum absolute atomic E-state index is 13.6. The number of hydrogen-bond acceptors (Lipinski definition) is 5. The second-order valence-corrected chi connectivity index (χ2v) is 8.17. The summed E-state index contributed by atoms with van der Waals surface area (Å²) in [6.07, 6.45) is -1.16. The third kappa shape index (κ3) is 3.01. The summed E-state index contributed by atoms with van der Waals surface area (Å²) >= 11 is 0. The Morgan fingerprint density at radius 3 is 2.65 bits per heavy atom. The van der Waals surface area contributed by atoms with Gasteiger partial charge in [0.05, 0.1) is 23.8 Å². The smallest absolute Gasteiger partial charge is 0.413 e. The Bertz CT molecular complexity index is 1460. The van der Waals surface area contributed by atoms with Gasteiger partial charge in [-0.15, -0.1) is 0 Å². The second kappa shape index (κ2) is 7.60. The first-order chi connectivity index (χ1) is 16.3. The average Bonchev–Trinajstić information content (AvgIpc) is 3.36. The molecule has 5 rings (SSSR count). The minimum absolute atomic E-state index is 0.145. The molecule has 0 fully saturated rings. The van der Waals surface area contributed by atoms with E-state index >= 15 is 0 Å². The van der Waals surface area contributed by atoms with Crippen molar-refractivity contribution >= 4 is 34.7 Å². The van der Waals surface area contributed by atoms with Gasteiger partial charge in [0.15, 0.2) is 5.72 Å². The summed E-state index contributed by atoms with van der Waals surface area (Å²) in [4.78, 5) is 34.6. The lowest BCUT2D eigenvalue weighted by atomic mass is 9.93. The highest BCUT2D eigenvalue weighted by molar-refractivity contribution is 6.13. The number of aliphatic hydroxyl groups is 1. The van der Waals surface area contributed by atoms with E-state index in [1.165, 1.54) is 19.1 Å². The number of ether oxygens (including phenoxy) is 1. The summed E-state index contributed by atoms with van der Waals surface area (Å²) in [5.41, 5.74) is 1.72. The first-order valence-corrected chi connectivity index (χ1v) is 10.5. The molecule has 2 heterocycles. The lowest BCUT2D eigenvalue weighted by Crippen LogP contribution is -2.45. The summed E-state index contributed by atoms with van der Waals surface area (Å²) in [7, 11) is 2.89. The predicted octanol–water partition coefficient (Wildman–Crippen LogP) is 3.85. The molecule has 0 aliphatic carbocycles. The van der Waals surface area contributed by atoms with Crippen molar-refractivity contribution in [3.63, 3.8) is 0 Å². The van der Waals surface area contributed by atoms with E-state index in [1.807, 2.05) is 13.0 Å². The Labute approximate surface area is 194 Å². The number of H-pyrrole nitrogens is 1. The molecule has 3 aromatic carbocycles. The van der Waals surface area contributed by atoms with Gasteiger partial charge in [0.2, 0.25) is 5.95 Å². The van der Waals surface area contributed by atoms with E-state index in [2.05, 4.69) is 9.97 Å². The van der Waals surface area contributed by atoms with Crippen molar-refractivity contribution in [2.75, 3.05) is 24.0 Å². The van der Waals surface area contributed by atoms with Gasteiger partial charge in [-0.2, -0.15) is 0 Å². The Morgan fingerprint density at radius 1 is 1.15 bits per heavy atom. The molecule has 34 heavy (non-hydrogen) atoms. The van der Waals surface area contributed by atoms with Crippen LogP contribution < -0.4 is 14.5 Å². The number of nitrogens with zero attached hydrogens (tertiary/aromatic N) is 3. The highest BCUT2D eigenvalue weighted by Gasteiger charge is 2.51. The summed E-state index contributed by atoms with van der Waals surface area (Å²) in [6, 6.07) is 17.4. The predicted molar refractivity (Wildman–Crippen MR) is 127 cm³/mol. The maximum Gasteiger partial charge on any atom is 0.413 e. The number of fused-ring (bicyclic) bond motifs is 2. The van der Waals surface area contributed by atoms with Crippen molar-refractivity contribution in [1.82, 2.24) is 9.97 Å². The van der Waals surface area contributed by atoms with Crippen molar-refractivity contribution in [2.45, 2.75) is 12.6 Å². The molecule has 0 spiro atoms. The maximum atomic E-state index is 13.6. The van der Waals surface area contributed by atoms with Crippen LogP contribution in [-0.4, -0.2) is 46.3 Å². The number of methoxy groups -OCH3 is 1. The number of rotatable bonds is 4. The minimum atomic E-state index is -1.85. The van der Waals surface area contributed by atoms with Crippen molar-refractivity contribution in [2.24, 2.45) is 0 Å². The highest BCUT2D eigenvalue weighted by Crippen LogP contribution is 2.48. The third-order valence-corrected chi connectivity index (χ3v) is 6.11. The van der Waals surface area contributed by atoms with Gasteiger partial charge in [0.25, 0.3) is 5.91 Å². The van der Waals surface area contributed by atoms with Gasteiger partial charge in [0, 0.05) is 23.7 Å². The fourth-order valence-corrected chi connectivity index (χ4v) is 4.36. The van der Waals surface area contributed by atoms with Gasteiger partial charge in [-0.05, 0) is 42.8 Å². The van der Waals surface area contributed by atoms with Crippen LogP contribution in [-0.2, 0) is 5.72 Å². The van der Waals surface area contributed by atoms with Crippen molar-refractivity contribution in [1.29, 1.82) is 0 Å². The Kier molecular flexibility index (Phi) is 4.80. The number of aromatic nitrogens is 2. The number of imidazole rings is 1. The molecule has 0 saturated carbocycles. The number of aryl methyl sites for hydroxylation is 1. The zero-order chi connectivity index (χ0) is 24.2. The van der Waals surface area contributed by atoms with E-state index in [0.29, 0.717) is 39.2 Å². The second-order valence-electron chi connectivity index (χ2n) is 8.17. The Balaban J connectivity index is 1.74. The van der Waals surface area contributed by atoms with Crippen LogP contribution in [0.1, 0.15) is 27.0 Å². The number of carbonyl (C=O) groups is 2. The molecule has 1 aliphatic rings. The first-order valence-electron chi connectivity index (χ1n) is 10.5. The molecule has 4 aromatic rings. The summed E-state index contributed by atoms with van der Waals surface area (Å²) in [5, 5.41) is 21.5. The number of anilines is 2. The van der Waals surface area contributed by atoms with Crippen molar-refractivity contribution < 1.29 is 24.5 Å². The van der Waals surface area contributed by atoms with Gasteiger partial charge in [-0.1, -0.05) is 30.3 Å². The number of carbonyl (C=O) groups excluding carboxylic acids is 1. The number of nitrogens with one attached hydrogen (secondary N) is 1. The third-order valence-electron chi connectivity index (χ3n) is 6.11. The molecule has 1 aromatic heterocycles. The lowest BCUT2D eigenvalue weighted by molar-refractivity contribution is 0.0700. The van der Waals surface area contributed by atoms with Gasteiger partial charge in [-0.3, -0.25) is 14.6 Å². The van der Waals surface area contributed by atoms with Crippen LogP contribution >= 0.6 is 0 Å². The summed E-state index contributed by atoms with van der Waals surface area (Å²) in [6.45, 7) is 1.89. The minimum Gasteiger partial charge on any atom is -0.495 e. The van der Waals surface area contributed by atoms with Crippen LogP contribution in [0, 0.1) is 6.92 Å². The molecule has 3 N–H and O–H groups in total. The number of hydrogen-bond donors (Lipinski definition) is 3. The van der Waals surface area contributed by atoms with Crippen LogP contribution in [0.3, 0.4) is 0 Å². The van der Waals surface area contributed by atoms with Gasteiger partial charge in [-0.25, -0.2) is 9.78 Å². The fraction of sp³-hybridized carbons (Fsp3) is 0.160. The van der Waals surface area contributed by atoms with Crippen LogP contribution in [0.4, 0.5) is 16.4 Å². The molecule has 0 radical (unpaired) electrons. The fourth-order valence-electron chi connectivity index (χ4n) is 4.36. The molecule has 0 bridgehead atoms. The monoisotopic (exact) mass is 458 g/mol. The number of aromatic amines is 1. The van der Waals surface area contributed by atoms with E-state index in [-0.39, 0.29) is 11.9 Å². The standard InChI is InChI=1S/C25H22N4O5/c1-14-8-11-21(34-3)20(12-14)29-22(30)16-6-4-5-7-17(16)25(29,33)15-9-10-18-19(13-15)27-23(26-18)28(2)24(31)32/h4-13,33H,1-3H3,(H,26,27)(H,31,32). The first kappa shape index (κ1) is 21.5. The van der Waals surface area contributed by atoms with Crippen molar-refractivity contribution in [3.8, 4) is 5.75 Å². The summed E-state index contributed by atoms with van der Waals surface area (Å²) in [5.74, 6) is 0.221. The van der Waals surface area contributed by atoms with E-state index in [9.17, 15) is 19.8 Å². The number of benzene rings is 3. The van der Waals surface area contributed by atoms with E-state index in [0.717, 1.165) is 10.5 Å². The molecule has 1 unspecified atom stereocenters. The van der Waals surface area contributed by atoms with Crippen LogP contribution in [0.15, 0.2) is 60.7 Å². The zero-order valence-corrected chi connectivity index (χ0v) is 18.7. The van der Waals surface area contributed by atoms with E-state index in [4.69, 9.17) is 4.74 Å². The van der Waals surface area contributed by atoms with Crippen LogP contribution in [0.2, 0.25) is 0 Å². The Hall–Kier alpha value is -4.37. The highest BCUT2D eigenvalue weighted by atomic mass is 16.5. The quantitative estimate of drug-likeness (QED) is 0.427. The van der Waals surface area contributed by atoms with Crippen molar-refractivity contribution in [3.05, 3.63) is 82.9 Å². The molecule has 2 amide bonds.